The van der Waals surface area contributed by atoms with Crippen molar-refractivity contribution in [1.29, 1.82) is 0 Å². The van der Waals surface area contributed by atoms with Crippen molar-refractivity contribution in [2.75, 3.05) is 6.54 Å². The summed E-state index contributed by atoms with van der Waals surface area (Å²) in [6.45, 7) is 2.28. The largest absolute Gasteiger partial charge is 1.00 e. The molecule has 2 heterocycles. The van der Waals surface area contributed by atoms with E-state index >= 15 is 0 Å². The van der Waals surface area contributed by atoms with Crippen LogP contribution in [0, 0.1) is 24.3 Å². The Morgan fingerprint density at radius 3 is 2.72 bits per heavy atom. The zero-order valence-corrected chi connectivity index (χ0v) is 13.9. The van der Waals surface area contributed by atoms with Crippen LogP contribution in [-0.4, -0.2) is 33.7 Å². The van der Waals surface area contributed by atoms with Crippen LogP contribution in [0.4, 0.5) is 14.5 Å². The molecule has 0 aliphatic carbocycles. The quantitative estimate of drug-likeness (QED) is 0.491. The summed E-state index contributed by atoms with van der Waals surface area (Å²) in [6, 6.07) is 3.65. The molecule has 0 unspecified atom stereocenters. The minimum Gasteiger partial charge on any atom is -0.862 e. The summed E-state index contributed by atoms with van der Waals surface area (Å²) in [6.07, 6.45) is 7.78. The number of aromatic nitrogens is 2. The molecule has 0 amide bonds. The van der Waals surface area contributed by atoms with E-state index in [9.17, 15) is 14.2 Å². The third kappa shape index (κ3) is 3.73. The number of nitrogens with zero attached hydrogens (tertiary/aromatic N) is 4. The Bertz CT molecular complexity index is 808. The monoisotopic (exact) mass is 333 g/mol. The normalized spacial score (nSPS) is 13.3. The molecule has 0 radical (unpaired) electrons. The molecule has 0 saturated heterocycles. The van der Waals surface area contributed by atoms with Crippen LogP contribution < -0.4 is 18.9 Å². The van der Waals surface area contributed by atoms with Crippen molar-refractivity contribution in [2.45, 2.75) is 13.3 Å². The van der Waals surface area contributed by atoms with Crippen molar-refractivity contribution < 1.29 is 27.6 Å². The van der Waals surface area contributed by atoms with Gasteiger partial charge in [-0.05, 0) is 18.7 Å². The molecule has 25 heavy (non-hydrogen) atoms. The van der Waals surface area contributed by atoms with Gasteiger partial charge in [0.15, 0.2) is 0 Å². The topological polar surface area (TPSA) is 66.6 Å². The fraction of sp³-hybridized carbons (Fsp3) is 0.176. The summed E-state index contributed by atoms with van der Waals surface area (Å²) < 4.78 is 28.5. The first-order valence-corrected chi connectivity index (χ1v) is 7.39. The van der Waals surface area contributed by atoms with Crippen molar-refractivity contribution in [1.82, 2.24) is 15.1 Å². The van der Waals surface area contributed by atoms with Gasteiger partial charge in [-0.25, -0.2) is 8.78 Å². The van der Waals surface area contributed by atoms with Crippen molar-refractivity contribution in [3.05, 3.63) is 65.3 Å². The van der Waals surface area contributed by atoms with Crippen LogP contribution in [0.25, 0.3) is 11.0 Å². The van der Waals surface area contributed by atoms with Crippen molar-refractivity contribution in [2.24, 2.45) is 4.99 Å². The zero-order valence-electron chi connectivity index (χ0n) is 13.9. The van der Waals surface area contributed by atoms with Gasteiger partial charge in [-0.2, -0.15) is 18.4 Å². The van der Waals surface area contributed by atoms with E-state index in [0.29, 0.717) is 29.9 Å². The Morgan fingerprint density at radius 2 is 2.08 bits per heavy atom. The van der Waals surface area contributed by atoms with Gasteiger partial charge in [0.1, 0.15) is 11.6 Å². The molecule has 2 aromatic rings. The maximum atomic E-state index is 14.3. The van der Waals surface area contributed by atoms with Crippen LogP contribution in [0.5, 0.6) is 0 Å². The van der Waals surface area contributed by atoms with E-state index in [0.717, 1.165) is 6.21 Å². The van der Waals surface area contributed by atoms with Gasteiger partial charge in [0.05, 0.1) is 17.7 Å². The maximum Gasteiger partial charge on any atom is 1.00 e. The Balaban J connectivity index is 0.00000225. The first-order chi connectivity index (χ1) is 11.7. The fourth-order valence-corrected chi connectivity index (χ4v) is 2.41. The van der Waals surface area contributed by atoms with Gasteiger partial charge in [-0.15, -0.1) is 5.57 Å². The third-order valence-electron chi connectivity index (χ3n) is 3.58. The number of allylic oxidation sites excluding steroid dienone is 1. The Morgan fingerprint density at radius 1 is 1.36 bits per heavy atom. The van der Waals surface area contributed by atoms with Crippen molar-refractivity contribution in [3.63, 3.8) is 0 Å². The van der Waals surface area contributed by atoms with E-state index in [1.807, 2.05) is 13.3 Å². The molecule has 0 spiro atoms. The van der Waals surface area contributed by atoms with Gasteiger partial charge in [-0.1, -0.05) is 12.3 Å². The van der Waals surface area contributed by atoms with Gasteiger partial charge in [0, 0.05) is 11.3 Å². The van der Waals surface area contributed by atoms with Gasteiger partial charge < -0.3 is 21.8 Å². The molecule has 1 aliphatic heterocycles. The van der Waals surface area contributed by atoms with Crippen LogP contribution >= 0.6 is 0 Å². The molecule has 1 aromatic heterocycles. The number of rotatable bonds is 5. The molecule has 1 aliphatic rings. The summed E-state index contributed by atoms with van der Waals surface area (Å²) in [5.41, 5.74) is 0.847. The average Bonchev–Trinajstić information content (AvgIpc) is 2.97. The van der Waals surface area contributed by atoms with Crippen LogP contribution in [0.1, 0.15) is 24.6 Å². The molecular weight excluding hydrogens is 319 g/mol. The molecule has 8 heteroatoms. The second-order valence-electron chi connectivity index (χ2n) is 5.17. The first-order valence-electron chi connectivity index (χ1n) is 7.39. The van der Waals surface area contributed by atoms with Crippen LogP contribution in [0.2, 0.25) is 0 Å². The molecule has 0 saturated carbocycles. The molecule has 5 nitrogen and oxygen atoms in total. The number of unbranched alkanes of at least 4 members (excludes halogenated alkanes) is 1. The molecule has 0 atom stereocenters. The van der Waals surface area contributed by atoms with Gasteiger partial charge in [-0.3, -0.25) is 11.2 Å². The summed E-state index contributed by atoms with van der Waals surface area (Å²) >= 11 is 0. The van der Waals surface area contributed by atoms with Crippen LogP contribution in [0.3, 0.4) is 0 Å². The second-order valence-corrected chi connectivity index (χ2v) is 5.17. The molecular formula is C17H14F2LiN5-2. The van der Waals surface area contributed by atoms with Gasteiger partial charge in [0.2, 0.25) is 0 Å². The van der Waals surface area contributed by atoms with Crippen LogP contribution in [0.15, 0.2) is 29.4 Å². The van der Waals surface area contributed by atoms with E-state index in [-0.39, 0.29) is 30.3 Å². The SMILES string of the molecule is C[CH-]CCN1[C-]=C(C=[N-])c2[nH]ncc2N=C1c1c(F)cccc1F.[Li+]. The van der Waals surface area contributed by atoms with Crippen molar-refractivity contribution in [3.8, 4) is 0 Å². The number of hydrogen-bond acceptors (Lipinski definition) is 3. The van der Waals surface area contributed by atoms with E-state index in [1.54, 1.807) is 0 Å². The minimum atomic E-state index is -0.720. The Labute approximate surface area is 156 Å². The second kappa shape index (κ2) is 8.23. The fourth-order valence-electron chi connectivity index (χ4n) is 2.41. The van der Waals surface area contributed by atoms with E-state index in [4.69, 9.17) is 0 Å². The maximum absolute atomic E-state index is 14.3. The Kier molecular flexibility index (Phi) is 6.29. The number of halogens is 2. The number of benzene rings is 1. The number of amidine groups is 1. The number of aliphatic imine (C=N–C) groups is 1. The standard InChI is InChI=1S/C17H14F2N5.Li/c1-2-3-7-24-10-11(8-20)16-14(9-21-23-16)22-17(24)15-12(18)5-4-6-13(15)19;/h2,4-6,8-9H,3,7H2,1H3,(H,21,23);/q-3;+1. The number of nitrogens with one attached hydrogen (secondary N) is 1. The smallest absolute Gasteiger partial charge is 0.862 e. The van der Waals surface area contributed by atoms with Crippen molar-refractivity contribution >= 4 is 23.3 Å². The van der Waals surface area contributed by atoms with E-state index in [1.165, 1.54) is 29.3 Å². The van der Waals surface area contributed by atoms with E-state index < -0.39 is 11.6 Å². The zero-order chi connectivity index (χ0) is 17.1. The average molecular weight is 333 g/mol. The predicted octanol–water partition coefficient (Wildman–Crippen LogP) is 0.484. The summed E-state index contributed by atoms with van der Waals surface area (Å²) in [5, 5.41) is 16.1. The molecule has 3 rings (SSSR count). The molecule has 124 valence electrons. The van der Waals surface area contributed by atoms with Gasteiger partial charge >= 0.3 is 18.9 Å². The number of fused-ring (bicyclic) bond motifs is 1. The Hall–Kier alpha value is -2.23. The molecule has 1 aromatic carbocycles. The number of hydrogen-bond donors (Lipinski definition) is 1. The molecule has 1 N–H and O–H groups in total. The third-order valence-corrected chi connectivity index (χ3v) is 3.58. The minimum absolute atomic E-state index is 0. The van der Waals surface area contributed by atoms with E-state index in [2.05, 4.69) is 21.4 Å². The summed E-state index contributed by atoms with van der Waals surface area (Å²) in [7, 11) is 0. The van der Waals surface area contributed by atoms with Crippen LogP contribution in [-0.2, 0) is 0 Å². The first kappa shape index (κ1) is 19.1. The molecule has 0 bridgehead atoms. The number of H-pyrrole nitrogens is 1. The summed E-state index contributed by atoms with van der Waals surface area (Å²) in [5.74, 6) is -1.36. The molecule has 0 fully saturated rings. The summed E-state index contributed by atoms with van der Waals surface area (Å²) in [4.78, 5) is 5.86. The number of aromatic amines is 1. The van der Waals surface area contributed by atoms with Gasteiger partial charge in [0.25, 0.3) is 0 Å². The predicted molar refractivity (Wildman–Crippen MR) is 88.5 cm³/mol.